The van der Waals surface area contributed by atoms with E-state index in [1.54, 1.807) is 28.1 Å². The third kappa shape index (κ3) is 0.829. The van der Waals surface area contributed by atoms with Crippen LogP contribution in [0.3, 0.4) is 0 Å². The Morgan fingerprint density at radius 3 is 3.00 bits per heavy atom. The van der Waals surface area contributed by atoms with Crippen LogP contribution in [-0.2, 0) is 6.42 Å². The first-order chi connectivity index (χ1) is 10.7. The fourth-order valence-electron chi connectivity index (χ4n) is 6.86. The molecule has 110 valence electrons. The Bertz CT molecular complexity index is 848. The second-order valence-corrected chi connectivity index (χ2v) is 8.35. The summed E-state index contributed by atoms with van der Waals surface area (Å²) >= 11 is 0. The first-order valence-corrected chi connectivity index (χ1v) is 8.80. The molecule has 2 saturated heterocycles. The zero-order valence-corrected chi connectivity index (χ0v) is 13.1. The van der Waals surface area contributed by atoms with Crippen molar-refractivity contribution in [1.29, 1.82) is 0 Å². The third-order valence-corrected chi connectivity index (χ3v) is 7.45. The predicted octanol–water partition coefficient (Wildman–Crippen LogP) is 3.27. The van der Waals surface area contributed by atoms with Crippen molar-refractivity contribution in [2.45, 2.75) is 62.7 Å². The highest BCUT2D eigenvalue weighted by Gasteiger charge is 2.83. The lowest BCUT2D eigenvalue weighted by atomic mass is 9.74. The first kappa shape index (κ1) is 10.9. The van der Waals surface area contributed by atoms with E-state index in [1.165, 1.54) is 24.8 Å². The van der Waals surface area contributed by atoms with Gasteiger partial charge in [-0.3, -0.25) is 0 Å². The van der Waals surface area contributed by atoms with Crippen molar-refractivity contribution in [2.75, 3.05) is 4.90 Å². The average Bonchev–Trinajstić information content (AvgIpc) is 3.07. The molecule has 5 unspecified atom stereocenters. The Morgan fingerprint density at radius 1 is 1.18 bits per heavy atom. The van der Waals surface area contributed by atoms with Crippen molar-refractivity contribution in [3.8, 4) is 0 Å². The van der Waals surface area contributed by atoms with Crippen LogP contribution in [0.15, 0.2) is 35.6 Å². The zero-order valence-electron chi connectivity index (χ0n) is 13.1. The van der Waals surface area contributed by atoms with E-state index in [0.29, 0.717) is 17.6 Å². The van der Waals surface area contributed by atoms with E-state index in [0.717, 1.165) is 12.0 Å². The summed E-state index contributed by atoms with van der Waals surface area (Å²) in [7, 11) is 0. The summed E-state index contributed by atoms with van der Waals surface area (Å²) in [6, 6.07) is 7.10. The minimum absolute atomic E-state index is 0.470. The molecule has 6 aliphatic rings. The number of nitrogens with zero attached hydrogens (tertiary/aromatic N) is 2. The van der Waals surface area contributed by atoms with E-state index in [-0.39, 0.29) is 0 Å². The molecule has 0 radical (unpaired) electrons. The number of anilines is 1. The van der Waals surface area contributed by atoms with Crippen molar-refractivity contribution in [3.63, 3.8) is 0 Å². The molecule has 2 heteroatoms. The summed E-state index contributed by atoms with van der Waals surface area (Å²) in [4.78, 5) is 5.74. The molecule has 3 fully saturated rings. The lowest BCUT2D eigenvalue weighted by molar-refractivity contribution is 0.0407. The van der Waals surface area contributed by atoms with Gasteiger partial charge in [0.25, 0.3) is 0 Å². The molecule has 0 bridgehead atoms. The van der Waals surface area contributed by atoms with Crippen LogP contribution in [0.5, 0.6) is 0 Å². The quantitative estimate of drug-likeness (QED) is 0.723. The Morgan fingerprint density at radius 2 is 2.09 bits per heavy atom. The summed E-state index contributed by atoms with van der Waals surface area (Å²) < 4.78 is 0. The van der Waals surface area contributed by atoms with Crippen LogP contribution in [0.4, 0.5) is 5.69 Å². The minimum atomic E-state index is 0.470. The first-order valence-electron chi connectivity index (χ1n) is 8.80. The van der Waals surface area contributed by atoms with E-state index >= 15 is 0 Å². The van der Waals surface area contributed by atoms with Gasteiger partial charge in [-0.05, 0) is 49.5 Å². The lowest BCUT2D eigenvalue weighted by Gasteiger charge is -2.63. The van der Waals surface area contributed by atoms with Crippen LogP contribution in [0, 0.1) is 6.92 Å². The SMILES string of the molecule is CC1=CC=C2CC34C5c6cc(C)cc7c6N(C(CC7)C1N23)C54. The van der Waals surface area contributed by atoms with Crippen LogP contribution in [0.25, 0.3) is 0 Å². The standard InChI is InChI=1S/C20H20N2/c1-10-7-12-4-6-15-17-11(2)3-5-13-9-20(22(13)17)16-14(8-10)18(12)21(15)19(16)20/h3,5,7-8,15-17,19H,4,6,9H2,1-2H3. The van der Waals surface area contributed by atoms with Crippen molar-refractivity contribution >= 4 is 5.69 Å². The number of benzene rings is 1. The molecule has 5 aliphatic heterocycles. The maximum Gasteiger partial charge on any atom is 0.0760 e. The van der Waals surface area contributed by atoms with Gasteiger partial charge in [-0.25, -0.2) is 0 Å². The number of aryl methyl sites for hydroxylation is 2. The van der Waals surface area contributed by atoms with Gasteiger partial charge in [-0.2, -0.15) is 0 Å². The van der Waals surface area contributed by atoms with Gasteiger partial charge in [-0.15, -0.1) is 0 Å². The Kier molecular flexibility index (Phi) is 1.44. The molecular formula is C20H20N2. The highest BCUT2D eigenvalue weighted by Crippen LogP contribution is 2.77. The third-order valence-electron chi connectivity index (χ3n) is 7.45. The molecule has 5 atom stereocenters. The molecule has 1 aromatic carbocycles. The minimum Gasteiger partial charge on any atom is -0.360 e. The van der Waals surface area contributed by atoms with E-state index < -0.39 is 0 Å². The Balaban J connectivity index is 1.54. The smallest absolute Gasteiger partial charge is 0.0760 e. The highest BCUT2D eigenvalue weighted by molar-refractivity contribution is 5.80. The maximum absolute atomic E-state index is 2.89. The second-order valence-electron chi connectivity index (χ2n) is 8.35. The van der Waals surface area contributed by atoms with E-state index in [9.17, 15) is 0 Å². The molecule has 0 aromatic heterocycles. The summed E-state index contributed by atoms with van der Waals surface area (Å²) in [5.41, 5.74) is 10.1. The molecule has 7 rings (SSSR count). The van der Waals surface area contributed by atoms with E-state index in [2.05, 4.69) is 47.9 Å². The van der Waals surface area contributed by atoms with Gasteiger partial charge in [0.15, 0.2) is 0 Å². The molecule has 1 saturated carbocycles. The van der Waals surface area contributed by atoms with Crippen molar-refractivity contribution < 1.29 is 0 Å². The molecule has 1 spiro atoms. The predicted molar refractivity (Wildman–Crippen MR) is 87.1 cm³/mol. The van der Waals surface area contributed by atoms with Crippen molar-refractivity contribution in [1.82, 2.24) is 4.90 Å². The maximum atomic E-state index is 2.89. The molecule has 0 N–H and O–H groups in total. The van der Waals surface area contributed by atoms with Crippen LogP contribution in [0.2, 0.25) is 0 Å². The second kappa shape index (κ2) is 2.89. The van der Waals surface area contributed by atoms with Gasteiger partial charge in [0.05, 0.1) is 23.7 Å². The number of piperazine rings is 1. The van der Waals surface area contributed by atoms with Gasteiger partial charge in [-0.1, -0.05) is 23.8 Å². The number of allylic oxidation sites excluding steroid dienone is 2. The molecule has 2 nitrogen and oxygen atoms in total. The zero-order chi connectivity index (χ0) is 14.4. The fourth-order valence-corrected chi connectivity index (χ4v) is 6.86. The van der Waals surface area contributed by atoms with Gasteiger partial charge < -0.3 is 9.80 Å². The van der Waals surface area contributed by atoms with Crippen molar-refractivity contribution in [2.24, 2.45) is 0 Å². The normalized spacial score (nSPS) is 43.9. The summed E-state index contributed by atoms with van der Waals surface area (Å²) in [5.74, 6) is 0.787. The van der Waals surface area contributed by atoms with Gasteiger partial charge >= 0.3 is 0 Å². The van der Waals surface area contributed by atoms with Crippen LogP contribution in [-0.4, -0.2) is 28.6 Å². The summed E-state index contributed by atoms with van der Waals surface area (Å²) in [5, 5.41) is 0. The average molecular weight is 288 g/mol. The van der Waals surface area contributed by atoms with Gasteiger partial charge in [0.2, 0.25) is 0 Å². The van der Waals surface area contributed by atoms with Crippen molar-refractivity contribution in [3.05, 3.63) is 52.2 Å². The van der Waals surface area contributed by atoms with E-state index in [4.69, 9.17) is 0 Å². The molecular weight excluding hydrogens is 268 g/mol. The van der Waals surface area contributed by atoms with Crippen LogP contribution >= 0.6 is 0 Å². The highest BCUT2D eigenvalue weighted by atomic mass is 15.5. The number of hydrogen-bond donors (Lipinski definition) is 0. The summed E-state index contributed by atoms with van der Waals surface area (Å²) in [6.07, 6.45) is 8.70. The number of fused-ring (bicyclic) bond motifs is 2. The molecule has 22 heavy (non-hydrogen) atoms. The Hall–Kier alpha value is -1.70. The van der Waals surface area contributed by atoms with Crippen LogP contribution in [0.1, 0.15) is 42.4 Å². The molecule has 1 aromatic rings. The fraction of sp³-hybridized carbons (Fsp3) is 0.500. The molecule has 1 aliphatic carbocycles. The van der Waals surface area contributed by atoms with Gasteiger partial charge in [0.1, 0.15) is 0 Å². The van der Waals surface area contributed by atoms with E-state index in [1.807, 2.05) is 0 Å². The number of rotatable bonds is 0. The monoisotopic (exact) mass is 288 g/mol. The molecule has 0 amide bonds. The number of hydrogen-bond acceptors (Lipinski definition) is 2. The topological polar surface area (TPSA) is 6.48 Å². The summed E-state index contributed by atoms with van der Waals surface area (Å²) in [6.45, 7) is 4.64. The van der Waals surface area contributed by atoms with Crippen LogP contribution < -0.4 is 4.90 Å². The Labute approximate surface area is 131 Å². The lowest BCUT2D eigenvalue weighted by Crippen LogP contribution is -2.71. The molecule has 5 heterocycles. The largest absolute Gasteiger partial charge is 0.360 e. The van der Waals surface area contributed by atoms with Gasteiger partial charge in [0, 0.05) is 23.7 Å².